The van der Waals surface area contributed by atoms with E-state index in [0.717, 1.165) is 18.1 Å². The topological polar surface area (TPSA) is 9.23 Å². The SMILES string of the molecule is CCCCCCCCCCCCCCCCOC(=S)C(C)C. The molecule has 0 bridgehead atoms. The lowest BCUT2D eigenvalue weighted by Gasteiger charge is -2.09. The zero-order chi connectivity index (χ0) is 16.5. The predicted octanol–water partition coefficient (Wildman–Crippen LogP) is 7.47. The Bertz CT molecular complexity index is 238. The van der Waals surface area contributed by atoms with Crippen LogP contribution in [0.4, 0.5) is 0 Å². The quantitative estimate of drug-likeness (QED) is 0.215. The molecule has 0 unspecified atom stereocenters. The van der Waals surface area contributed by atoms with Crippen LogP contribution in [-0.2, 0) is 4.74 Å². The monoisotopic (exact) mass is 328 g/mol. The summed E-state index contributed by atoms with van der Waals surface area (Å²) in [6.45, 7) is 7.28. The first-order valence-corrected chi connectivity index (χ1v) is 10.3. The predicted molar refractivity (Wildman–Crippen MR) is 104 cm³/mol. The van der Waals surface area contributed by atoms with Gasteiger partial charge in [-0.25, -0.2) is 0 Å². The van der Waals surface area contributed by atoms with Gasteiger partial charge in [0.25, 0.3) is 0 Å². The molecular formula is C20H40OS. The van der Waals surface area contributed by atoms with Gasteiger partial charge in [0.1, 0.15) is 0 Å². The molecule has 2 heteroatoms. The van der Waals surface area contributed by atoms with Crippen molar-refractivity contribution in [3.05, 3.63) is 0 Å². The first kappa shape index (κ1) is 21.9. The number of ether oxygens (including phenoxy) is 1. The van der Waals surface area contributed by atoms with Crippen molar-refractivity contribution in [3.63, 3.8) is 0 Å². The summed E-state index contributed by atoms with van der Waals surface area (Å²) in [5.74, 6) is 0.377. The van der Waals surface area contributed by atoms with Gasteiger partial charge in [0.2, 0.25) is 0 Å². The summed E-state index contributed by atoms with van der Waals surface area (Å²) in [5, 5.41) is 0.773. The van der Waals surface area contributed by atoms with Crippen molar-refractivity contribution in [2.75, 3.05) is 6.61 Å². The van der Waals surface area contributed by atoms with Crippen LogP contribution < -0.4 is 0 Å². The molecule has 1 nitrogen and oxygen atoms in total. The zero-order valence-corrected chi connectivity index (χ0v) is 16.3. The van der Waals surface area contributed by atoms with E-state index in [2.05, 4.69) is 20.8 Å². The molecule has 22 heavy (non-hydrogen) atoms. The second kappa shape index (κ2) is 17.2. The molecule has 0 aliphatic carbocycles. The van der Waals surface area contributed by atoms with Crippen LogP contribution in [0.25, 0.3) is 0 Å². The van der Waals surface area contributed by atoms with Gasteiger partial charge in [-0.2, -0.15) is 0 Å². The normalized spacial score (nSPS) is 11.1. The molecule has 0 fully saturated rings. The summed E-state index contributed by atoms with van der Waals surface area (Å²) in [4.78, 5) is 0. The lowest BCUT2D eigenvalue weighted by atomic mass is 10.0. The van der Waals surface area contributed by atoms with E-state index in [9.17, 15) is 0 Å². The standard InChI is InChI=1S/C20H40OS/c1-4-5-6-7-8-9-10-11-12-13-14-15-16-17-18-21-20(22)19(2)3/h19H,4-18H2,1-3H3. The Labute approximate surface area is 145 Å². The minimum atomic E-state index is 0.377. The molecule has 0 radical (unpaired) electrons. The lowest BCUT2D eigenvalue weighted by Crippen LogP contribution is -2.09. The van der Waals surface area contributed by atoms with Crippen LogP contribution in [0.5, 0.6) is 0 Å². The zero-order valence-electron chi connectivity index (χ0n) is 15.5. The smallest absolute Gasteiger partial charge is 0.162 e. The van der Waals surface area contributed by atoms with Gasteiger partial charge in [-0.15, -0.1) is 0 Å². The van der Waals surface area contributed by atoms with Crippen molar-refractivity contribution >= 4 is 17.3 Å². The van der Waals surface area contributed by atoms with Gasteiger partial charge >= 0.3 is 0 Å². The van der Waals surface area contributed by atoms with Gasteiger partial charge in [-0.3, -0.25) is 0 Å². The maximum atomic E-state index is 5.54. The molecular weight excluding hydrogens is 288 g/mol. The van der Waals surface area contributed by atoms with Crippen molar-refractivity contribution < 1.29 is 4.74 Å². The molecule has 0 aliphatic rings. The van der Waals surface area contributed by atoms with E-state index < -0.39 is 0 Å². The lowest BCUT2D eigenvalue weighted by molar-refractivity contribution is 0.283. The third-order valence-electron chi connectivity index (χ3n) is 4.21. The molecule has 0 amide bonds. The third kappa shape index (κ3) is 16.3. The van der Waals surface area contributed by atoms with Gasteiger partial charge in [0, 0.05) is 5.92 Å². The van der Waals surface area contributed by atoms with Gasteiger partial charge < -0.3 is 4.74 Å². The summed E-state index contributed by atoms with van der Waals surface area (Å²) in [7, 11) is 0. The van der Waals surface area contributed by atoms with Crippen molar-refractivity contribution in [2.45, 2.75) is 111 Å². The Balaban J connectivity index is 3.04. The highest BCUT2D eigenvalue weighted by Gasteiger charge is 2.02. The molecule has 0 saturated carbocycles. The van der Waals surface area contributed by atoms with Crippen LogP contribution in [0.15, 0.2) is 0 Å². The average Bonchev–Trinajstić information content (AvgIpc) is 2.50. The van der Waals surface area contributed by atoms with Gasteiger partial charge in [-0.05, 0) is 18.6 Å². The largest absolute Gasteiger partial charge is 0.487 e. The van der Waals surface area contributed by atoms with Crippen molar-refractivity contribution in [1.29, 1.82) is 0 Å². The van der Waals surface area contributed by atoms with Crippen molar-refractivity contribution in [2.24, 2.45) is 5.92 Å². The minimum absolute atomic E-state index is 0.377. The Morgan fingerprint density at radius 3 is 1.41 bits per heavy atom. The van der Waals surface area contributed by atoms with Crippen LogP contribution in [0, 0.1) is 5.92 Å². The highest BCUT2D eigenvalue weighted by Crippen LogP contribution is 2.13. The minimum Gasteiger partial charge on any atom is -0.487 e. The van der Waals surface area contributed by atoms with E-state index in [1.165, 1.54) is 83.5 Å². The van der Waals surface area contributed by atoms with E-state index in [4.69, 9.17) is 17.0 Å². The molecule has 0 aromatic heterocycles. The third-order valence-corrected chi connectivity index (χ3v) is 4.80. The maximum Gasteiger partial charge on any atom is 0.162 e. The number of hydrogen-bond donors (Lipinski definition) is 0. The molecule has 0 saturated heterocycles. The van der Waals surface area contributed by atoms with Gasteiger partial charge in [0.05, 0.1) is 6.61 Å². The van der Waals surface area contributed by atoms with Crippen LogP contribution in [-0.4, -0.2) is 11.7 Å². The second-order valence-electron chi connectivity index (χ2n) is 6.92. The summed E-state index contributed by atoms with van der Waals surface area (Å²) >= 11 is 5.16. The van der Waals surface area contributed by atoms with E-state index in [0.29, 0.717) is 5.92 Å². The number of hydrogen-bond acceptors (Lipinski definition) is 2. The Kier molecular flexibility index (Phi) is 17.2. The summed E-state index contributed by atoms with van der Waals surface area (Å²) < 4.78 is 5.54. The number of rotatable bonds is 16. The molecule has 0 N–H and O–H groups in total. The molecule has 0 heterocycles. The highest BCUT2D eigenvalue weighted by atomic mass is 32.1. The van der Waals surface area contributed by atoms with Crippen LogP contribution in [0.2, 0.25) is 0 Å². The van der Waals surface area contributed by atoms with E-state index >= 15 is 0 Å². The average molecular weight is 329 g/mol. The van der Waals surface area contributed by atoms with Crippen LogP contribution >= 0.6 is 12.2 Å². The van der Waals surface area contributed by atoms with E-state index in [1.807, 2.05) is 0 Å². The molecule has 0 atom stereocenters. The van der Waals surface area contributed by atoms with E-state index in [1.54, 1.807) is 0 Å². The molecule has 0 rings (SSSR count). The summed E-state index contributed by atoms with van der Waals surface area (Å²) in [6, 6.07) is 0. The molecule has 0 aliphatic heterocycles. The van der Waals surface area contributed by atoms with E-state index in [-0.39, 0.29) is 0 Å². The Morgan fingerprint density at radius 2 is 1.05 bits per heavy atom. The molecule has 132 valence electrons. The summed E-state index contributed by atoms with van der Waals surface area (Å²) in [6.07, 6.45) is 19.5. The van der Waals surface area contributed by atoms with Gasteiger partial charge in [-0.1, -0.05) is 104 Å². The molecule has 0 aromatic carbocycles. The number of thiocarbonyl (C=S) groups is 1. The molecule has 0 spiro atoms. The first-order valence-electron chi connectivity index (χ1n) is 9.85. The second-order valence-corrected chi connectivity index (χ2v) is 7.32. The van der Waals surface area contributed by atoms with Crippen LogP contribution in [0.3, 0.4) is 0 Å². The number of unbranched alkanes of at least 4 members (excludes halogenated alkanes) is 13. The Morgan fingerprint density at radius 1 is 0.682 bits per heavy atom. The summed E-state index contributed by atoms with van der Waals surface area (Å²) in [5.41, 5.74) is 0. The van der Waals surface area contributed by atoms with Gasteiger partial charge in [0.15, 0.2) is 5.05 Å². The molecule has 0 aromatic rings. The van der Waals surface area contributed by atoms with Crippen molar-refractivity contribution in [1.82, 2.24) is 0 Å². The maximum absolute atomic E-state index is 5.54. The Hall–Kier alpha value is -0.110. The fraction of sp³-hybridized carbons (Fsp3) is 0.950. The fourth-order valence-electron chi connectivity index (χ4n) is 2.64. The first-order chi connectivity index (χ1) is 10.7. The van der Waals surface area contributed by atoms with Crippen LogP contribution in [0.1, 0.15) is 111 Å². The fourth-order valence-corrected chi connectivity index (χ4v) is 2.72. The van der Waals surface area contributed by atoms with Crippen molar-refractivity contribution in [3.8, 4) is 0 Å². The highest BCUT2D eigenvalue weighted by molar-refractivity contribution is 7.80.